The van der Waals surface area contributed by atoms with E-state index in [1.165, 1.54) is 18.2 Å². The monoisotopic (exact) mass is 469 g/mol. The molecule has 32 heavy (non-hydrogen) atoms. The molecule has 1 atom stereocenters. The van der Waals surface area contributed by atoms with E-state index in [1.54, 1.807) is 6.07 Å². The van der Waals surface area contributed by atoms with Gasteiger partial charge in [-0.15, -0.1) is 0 Å². The molecule has 1 fully saturated rings. The predicted octanol–water partition coefficient (Wildman–Crippen LogP) is 3.97. The number of nitrogens with one attached hydrogen (secondary N) is 2. The number of benzene rings is 2. The molecule has 2 aromatic carbocycles. The molecule has 0 radical (unpaired) electrons. The standard InChI is InChI=1S/C22H26F3N3O3S/c1-15(2)28-11-10-16(14-28)13-26-21(29)19-8-3-4-9-20(19)27-32(30,31)18-7-5-6-17(12-18)22(23,24)25/h3-9,12,15-16,27H,10-11,13-14H2,1-2H3,(H,26,29). The van der Waals surface area contributed by atoms with Crippen molar-refractivity contribution in [1.82, 2.24) is 10.2 Å². The molecule has 0 aliphatic carbocycles. The average molecular weight is 470 g/mol. The van der Waals surface area contributed by atoms with Crippen LogP contribution < -0.4 is 10.0 Å². The molecule has 2 N–H and O–H groups in total. The molecule has 0 bridgehead atoms. The molecule has 1 aliphatic heterocycles. The van der Waals surface area contributed by atoms with Crippen LogP contribution in [0.1, 0.15) is 36.2 Å². The summed E-state index contributed by atoms with van der Waals surface area (Å²) in [5, 5.41) is 2.85. The van der Waals surface area contributed by atoms with E-state index in [1.807, 2.05) is 0 Å². The zero-order valence-electron chi connectivity index (χ0n) is 17.8. The molecule has 1 aliphatic rings. The number of nitrogens with zero attached hydrogens (tertiary/aromatic N) is 1. The summed E-state index contributed by atoms with van der Waals surface area (Å²) in [6, 6.07) is 9.88. The summed E-state index contributed by atoms with van der Waals surface area (Å²) < 4.78 is 66.6. The van der Waals surface area contributed by atoms with Crippen molar-refractivity contribution in [3.8, 4) is 0 Å². The van der Waals surface area contributed by atoms with Crippen molar-refractivity contribution in [3.05, 3.63) is 59.7 Å². The van der Waals surface area contributed by atoms with E-state index in [-0.39, 0.29) is 11.3 Å². The van der Waals surface area contributed by atoms with Crippen LogP contribution >= 0.6 is 0 Å². The van der Waals surface area contributed by atoms with E-state index >= 15 is 0 Å². The van der Waals surface area contributed by atoms with E-state index in [2.05, 4.69) is 28.8 Å². The summed E-state index contributed by atoms with van der Waals surface area (Å²) in [5.74, 6) is -0.148. The fourth-order valence-corrected chi connectivity index (χ4v) is 4.77. The molecule has 0 saturated carbocycles. The highest BCUT2D eigenvalue weighted by molar-refractivity contribution is 7.92. The molecule has 1 unspecified atom stereocenters. The lowest BCUT2D eigenvalue weighted by Crippen LogP contribution is -2.33. The van der Waals surface area contributed by atoms with E-state index < -0.39 is 32.6 Å². The van der Waals surface area contributed by atoms with E-state index in [9.17, 15) is 26.4 Å². The zero-order valence-corrected chi connectivity index (χ0v) is 18.6. The Morgan fingerprint density at radius 1 is 1.16 bits per heavy atom. The van der Waals surface area contributed by atoms with Crippen molar-refractivity contribution >= 4 is 21.6 Å². The summed E-state index contributed by atoms with van der Waals surface area (Å²) in [5.41, 5.74) is -0.974. The summed E-state index contributed by atoms with van der Waals surface area (Å²) >= 11 is 0. The second-order valence-electron chi connectivity index (χ2n) is 8.13. The Balaban J connectivity index is 1.73. The van der Waals surface area contributed by atoms with Crippen LogP contribution in [0.25, 0.3) is 0 Å². The highest BCUT2D eigenvalue weighted by Gasteiger charge is 2.32. The number of hydrogen-bond donors (Lipinski definition) is 2. The first-order valence-corrected chi connectivity index (χ1v) is 11.8. The maximum absolute atomic E-state index is 13.0. The van der Waals surface area contributed by atoms with Gasteiger partial charge in [0.05, 0.1) is 21.7 Å². The highest BCUT2D eigenvalue weighted by Crippen LogP contribution is 2.31. The number of likely N-dealkylation sites (tertiary alicyclic amines) is 1. The maximum atomic E-state index is 13.0. The average Bonchev–Trinajstić information content (AvgIpc) is 3.21. The quantitative estimate of drug-likeness (QED) is 0.643. The van der Waals surface area contributed by atoms with Gasteiger partial charge in [-0.2, -0.15) is 13.2 Å². The fraction of sp³-hybridized carbons (Fsp3) is 0.409. The Labute approximate surface area is 185 Å². The van der Waals surface area contributed by atoms with Crippen molar-refractivity contribution in [2.75, 3.05) is 24.4 Å². The predicted molar refractivity (Wildman–Crippen MR) is 116 cm³/mol. The molecule has 0 spiro atoms. The van der Waals surface area contributed by atoms with E-state index in [4.69, 9.17) is 0 Å². The third-order valence-electron chi connectivity index (χ3n) is 5.49. The number of carbonyl (C=O) groups is 1. The molecular formula is C22H26F3N3O3S. The van der Waals surface area contributed by atoms with Gasteiger partial charge in [0.2, 0.25) is 0 Å². The largest absolute Gasteiger partial charge is 0.416 e. The summed E-state index contributed by atoms with van der Waals surface area (Å²) in [6.45, 7) is 6.53. The number of carbonyl (C=O) groups excluding carboxylic acids is 1. The third-order valence-corrected chi connectivity index (χ3v) is 6.85. The Morgan fingerprint density at radius 2 is 1.88 bits per heavy atom. The number of para-hydroxylation sites is 1. The number of alkyl halides is 3. The molecule has 6 nitrogen and oxygen atoms in total. The smallest absolute Gasteiger partial charge is 0.352 e. The number of rotatable bonds is 7. The van der Waals surface area contributed by atoms with Crippen LogP contribution in [-0.2, 0) is 16.2 Å². The van der Waals surface area contributed by atoms with Gasteiger partial charge in [-0.25, -0.2) is 8.42 Å². The van der Waals surface area contributed by atoms with Gasteiger partial charge in [0, 0.05) is 19.1 Å². The van der Waals surface area contributed by atoms with Crippen LogP contribution in [0.2, 0.25) is 0 Å². The van der Waals surface area contributed by atoms with Gasteiger partial charge >= 0.3 is 6.18 Å². The van der Waals surface area contributed by atoms with Crippen molar-refractivity contribution in [2.24, 2.45) is 5.92 Å². The Morgan fingerprint density at radius 3 is 2.53 bits per heavy atom. The first-order chi connectivity index (χ1) is 15.0. The van der Waals surface area contributed by atoms with Crippen molar-refractivity contribution in [3.63, 3.8) is 0 Å². The minimum atomic E-state index is -4.67. The van der Waals surface area contributed by atoms with Crippen LogP contribution in [0, 0.1) is 5.92 Å². The Hall–Kier alpha value is -2.59. The van der Waals surface area contributed by atoms with Gasteiger partial charge in [0.15, 0.2) is 0 Å². The van der Waals surface area contributed by atoms with Gasteiger partial charge in [0.1, 0.15) is 0 Å². The first-order valence-electron chi connectivity index (χ1n) is 10.3. The minimum absolute atomic E-state index is 0.00218. The lowest BCUT2D eigenvalue weighted by Gasteiger charge is -2.20. The van der Waals surface area contributed by atoms with Gasteiger partial charge in [-0.1, -0.05) is 18.2 Å². The first kappa shape index (κ1) is 24.1. The van der Waals surface area contributed by atoms with Gasteiger partial charge in [-0.05, 0) is 63.1 Å². The van der Waals surface area contributed by atoms with Crippen LogP contribution in [0.15, 0.2) is 53.4 Å². The van der Waals surface area contributed by atoms with Crippen LogP contribution in [0.4, 0.5) is 18.9 Å². The molecule has 3 rings (SSSR count). The van der Waals surface area contributed by atoms with E-state index in [0.717, 1.165) is 37.7 Å². The topological polar surface area (TPSA) is 78.5 Å². The minimum Gasteiger partial charge on any atom is -0.352 e. The highest BCUT2D eigenvalue weighted by atomic mass is 32.2. The number of anilines is 1. The van der Waals surface area contributed by atoms with Crippen molar-refractivity contribution in [1.29, 1.82) is 0 Å². The van der Waals surface area contributed by atoms with Crippen LogP contribution in [-0.4, -0.2) is 44.9 Å². The molecule has 2 aromatic rings. The Kier molecular flexibility index (Phi) is 7.14. The van der Waals surface area contributed by atoms with Crippen molar-refractivity contribution in [2.45, 2.75) is 37.4 Å². The van der Waals surface area contributed by atoms with Crippen molar-refractivity contribution < 1.29 is 26.4 Å². The molecule has 1 amide bonds. The Bertz CT molecular complexity index is 1070. The van der Waals surface area contributed by atoms with Gasteiger partial charge in [-0.3, -0.25) is 9.52 Å². The van der Waals surface area contributed by atoms with Gasteiger partial charge in [0.25, 0.3) is 15.9 Å². The summed E-state index contributed by atoms with van der Waals surface area (Å²) in [6.07, 6.45) is -3.71. The third kappa shape index (κ3) is 5.80. The van der Waals surface area contributed by atoms with E-state index in [0.29, 0.717) is 24.6 Å². The zero-order chi connectivity index (χ0) is 23.5. The number of sulfonamides is 1. The summed E-state index contributed by atoms with van der Waals surface area (Å²) in [7, 11) is -4.34. The number of hydrogen-bond acceptors (Lipinski definition) is 4. The molecule has 1 saturated heterocycles. The number of halogens is 3. The SMILES string of the molecule is CC(C)N1CCC(CNC(=O)c2ccccc2NS(=O)(=O)c2cccc(C(F)(F)F)c2)C1. The molecule has 0 aromatic heterocycles. The van der Waals surface area contributed by atoms with Gasteiger partial charge < -0.3 is 10.2 Å². The number of amides is 1. The lowest BCUT2D eigenvalue weighted by atomic mass is 10.1. The second-order valence-corrected chi connectivity index (χ2v) is 9.81. The molecule has 1 heterocycles. The van der Waals surface area contributed by atoms with Crippen LogP contribution in [0.5, 0.6) is 0 Å². The lowest BCUT2D eigenvalue weighted by molar-refractivity contribution is -0.137. The molecule has 174 valence electrons. The summed E-state index contributed by atoms with van der Waals surface area (Å²) in [4.78, 5) is 14.5. The van der Waals surface area contributed by atoms with Crippen LogP contribution in [0.3, 0.4) is 0 Å². The maximum Gasteiger partial charge on any atom is 0.416 e. The molecular weight excluding hydrogens is 443 g/mol. The molecule has 10 heteroatoms. The second kappa shape index (κ2) is 9.50. The normalized spacial score (nSPS) is 17.5. The fourth-order valence-electron chi connectivity index (χ4n) is 3.64.